The standard InChI is InChI=1S/C26H32BNO8/c1-13(7-16-8-14(2)23(30)15(3)9-16)5-6-20-21-17(12-29)10-18-22(19(21)11-27(34)36-20)25(32)28(24(18)31)26(33)35-4/h7-9,18-20,22,29-30,34H,5-6,10-12H2,1-4H3/b13-7+/t18-,19+,20-,22-/m1/s1. The van der Waals surface area contributed by atoms with Gasteiger partial charge in [0.15, 0.2) is 0 Å². The lowest BCUT2D eigenvalue weighted by Crippen LogP contribution is -2.46. The van der Waals surface area contributed by atoms with E-state index in [0.717, 1.165) is 34.9 Å². The average Bonchev–Trinajstić information content (AvgIpc) is 3.09. The first-order valence-electron chi connectivity index (χ1n) is 12.2. The molecule has 9 nitrogen and oxygen atoms in total. The normalized spacial score (nSPS) is 26.3. The first-order chi connectivity index (χ1) is 17.1. The number of carbonyl (C=O) groups is 3. The number of phenolic OH excluding ortho intramolecular Hbond substituents is 1. The van der Waals surface area contributed by atoms with E-state index in [1.807, 2.05) is 39.0 Å². The molecule has 0 unspecified atom stereocenters. The van der Waals surface area contributed by atoms with Crippen LogP contribution < -0.4 is 0 Å². The molecule has 192 valence electrons. The topological polar surface area (TPSA) is 134 Å². The number of imide groups is 3. The third kappa shape index (κ3) is 4.60. The number of aryl methyl sites for hydroxylation is 2. The highest BCUT2D eigenvalue weighted by molar-refractivity contribution is 6.43. The molecule has 0 aromatic heterocycles. The van der Waals surface area contributed by atoms with Gasteiger partial charge in [0.1, 0.15) is 5.75 Å². The SMILES string of the molecule is COC(=O)N1C(=O)[C@@H]2[C@@H](CC(CO)=C3[C@@H](CC/C(C)=C/c4cc(C)c(O)c(C)c4)OB(O)C[C@@H]32)C1=O. The summed E-state index contributed by atoms with van der Waals surface area (Å²) in [6, 6.07) is 3.82. The van der Waals surface area contributed by atoms with Crippen molar-refractivity contribution < 1.29 is 39.0 Å². The summed E-state index contributed by atoms with van der Waals surface area (Å²) >= 11 is 0. The van der Waals surface area contributed by atoms with E-state index in [9.17, 15) is 29.6 Å². The number of likely N-dealkylation sites (tertiary alicyclic amines) is 1. The molecule has 0 spiro atoms. The van der Waals surface area contributed by atoms with Gasteiger partial charge in [-0.25, -0.2) is 4.79 Å². The first kappa shape index (κ1) is 26.1. The Balaban J connectivity index is 1.59. The fraction of sp³-hybridized carbons (Fsp3) is 0.500. The molecule has 2 saturated heterocycles. The lowest BCUT2D eigenvalue weighted by molar-refractivity contribution is -0.137. The van der Waals surface area contributed by atoms with Crippen LogP contribution in [0.2, 0.25) is 6.32 Å². The van der Waals surface area contributed by atoms with Crippen LogP contribution in [0, 0.1) is 31.6 Å². The number of phenols is 1. The van der Waals surface area contributed by atoms with Crippen molar-refractivity contribution in [2.24, 2.45) is 17.8 Å². The summed E-state index contributed by atoms with van der Waals surface area (Å²) in [5, 5.41) is 30.7. The van der Waals surface area contributed by atoms with E-state index in [-0.39, 0.29) is 25.1 Å². The average molecular weight is 497 g/mol. The van der Waals surface area contributed by atoms with Crippen molar-refractivity contribution in [1.82, 2.24) is 4.90 Å². The van der Waals surface area contributed by atoms with Crippen LogP contribution in [0.3, 0.4) is 0 Å². The first-order valence-corrected chi connectivity index (χ1v) is 12.2. The second-order valence-electron chi connectivity index (χ2n) is 9.99. The predicted molar refractivity (Wildman–Crippen MR) is 132 cm³/mol. The molecular formula is C26H32BNO8. The van der Waals surface area contributed by atoms with Crippen molar-refractivity contribution in [2.75, 3.05) is 13.7 Å². The number of amides is 3. The number of hydrogen-bond acceptors (Lipinski definition) is 8. The molecule has 0 saturated carbocycles. The quantitative estimate of drug-likeness (QED) is 0.321. The van der Waals surface area contributed by atoms with Crippen LogP contribution in [0.15, 0.2) is 28.9 Å². The lowest BCUT2D eigenvalue weighted by Gasteiger charge is -2.42. The summed E-state index contributed by atoms with van der Waals surface area (Å²) in [5.41, 5.74) is 4.99. The van der Waals surface area contributed by atoms with Gasteiger partial charge in [-0.3, -0.25) is 9.59 Å². The maximum atomic E-state index is 13.1. The lowest BCUT2D eigenvalue weighted by atomic mass is 9.58. The molecule has 10 heteroatoms. The van der Waals surface area contributed by atoms with Gasteiger partial charge in [-0.2, -0.15) is 4.90 Å². The van der Waals surface area contributed by atoms with Gasteiger partial charge in [0.25, 0.3) is 0 Å². The Hall–Kier alpha value is -2.95. The molecule has 1 aromatic carbocycles. The van der Waals surface area contributed by atoms with E-state index in [0.29, 0.717) is 23.3 Å². The highest BCUT2D eigenvalue weighted by Gasteiger charge is 2.59. The fourth-order valence-corrected chi connectivity index (χ4v) is 5.97. The number of hydrogen-bond donors (Lipinski definition) is 3. The van der Waals surface area contributed by atoms with Gasteiger partial charge in [-0.1, -0.05) is 11.6 Å². The number of rotatable bonds is 5. The Morgan fingerprint density at radius 2 is 1.89 bits per heavy atom. The van der Waals surface area contributed by atoms with E-state index in [1.165, 1.54) is 0 Å². The zero-order chi connectivity index (χ0) is 26.3. The summed E-state index contributed by atoms with van der Waals surface area (Å²) in [6.07, 6.45) is 1.86. The zero-order valence-corrected chi connectivity index (χ0v) is 21.0. The molecule has 4 rings (SSSR count). The summed E-state index contributed by atoms with van der Waals surface area (Å²) < 4.78 is 10.5. The largest absolute Gasteiger partial charge is 0.507 e. The van der Waals surface area contributed by atoms with Crippen LogP contribution in [-0.2, 0) is 19.0 Å². The molecule has 3 amide bonds. The Morgan fingerprint density at radius 1 is 1.22 bits per heavy atom. The highest BCUT2D eigenvalue weighted by atomic mass is 16.5. The number of benzene rings is 1. The number of fused-ring (bicyclic) bond motifs is 3. The molecule has 1 aliphatic carbocycles. The maximum Gasteiger partial charge on any atom is 0.455 e. The van der Waals surface area contributed by atoms with E-state index < -0.39 is 48.9 Å². The third-order valence-corrected chi connectivity index (χ3v) is 7.58. The zero-order valence-electron chi connectivity index (χ0n) is 21.0. The van der Waals surface area contributed by atoms with Crippen LogP contribution in [0.4, 0.5) is 4.79 Å². The summed E-state index contributed by atoms with van der Waals surface area (Å²) in [5.74, 6) is -3.07. The summed E-state index contributed by atoms with van der Waals surface area (Å²) in [7, 11) is -0.0253. The van der Waals surface area contributed by atoms with Gasteiger partial charge in [-0.15, -0.1) is 0 Å². The number of allylic oxidation sites excluding steroid dienone is 1. The number of ether oxygens (including phenoxy) is 1. The van der Waals surface area contributed by atoms with Crippen LogP contribution in [0.5, 0.6) is 5.75 Å². The number of aromatic hydroxyl groups is 1. The second kappa shape index (κ2) is 10.2. The van der Waals surface area contributed by atoms with Gasteiger partial charge in [0.05, 0.1) is 31.7 Å². The molecule has 1 aromatic rings. The molecule has 0 bridgehead atoms. The van der Waals surface area contributed by atoms with Crippen molar-refractivity contribution in [3.8, 4) is 5.75 Å². The predicted octanol–water partition coefficient (Wildman–Crippen LogP) is 2.75. The Bertz CT molecular complexity index is 1140. The molecule has 2 heterocycles. The monoisotopic (exact) mass is 497 g/mol. The van der Waals surface area contributed by atoms with Crippen LogP contribution in [-0.4, -0.2) is 65.0 Å². The van der Waals surface area contributed by atoms with Crippen molar-refractivity contribution in [2.45, 2.75) is 52.5 Å². The smallest absolute Gasteiger partial charge is 0.455 e. The minimum Gasteiger partial charge on any atom is -0.507 e. The van der Waals surface area contributed by atoms with Gasteiger partial charge < -0.3 is 24.6 Å². The highest BCUT2D eigenvalue weighted by Crippen LogP contribution is 2.50. The number of aliphatic hydroxyl groups is 1. The molecule has 2 aliphatic heterocycles. The van der Waals surface area contributed by atoms with Crippen LogP contribution >= 0.6 is 0 Å². The summed E-state index contributed by atoms with van der Waals surface area (Å²) in [4.78, 5) is 38.7. The van der Waals surface area contributed by atoms with Crippen molar-refractivity contribution in [3.05, 3.63) is 45.5 Å². The number of aliphatic hydroxyl groups excluding tert-OH is 1. The Morgan fingerprint density at radius 3 is 2.50 bits per heavy atom. The molecule has 2 fully saturated rings. The van der Waals surface area contributed by atoms with Gasteiger partial charge >= 0.3 is 13.2 Å². The molecule has 3 N–H and O–H groups in total. The van der Waals surface area contributed by atoms with Gasteiger partial charge in [-0.05, 0) is 92.2 Å². The van der Waals surface area contributed by atoms with E-state index in [2.05, 4.69) is 4.74 Å². The van der Waals surface area contributed by atoms with Crippen molar-refractivity contribution >= 4 is 31.1 Å². The van der Waals surface area contributed by atoms with Gasteiger partial charge in [0, 0.05) is 0 Å². The van der Waals surface area contributed by atoms with Crippen LogP contribution in [0.1, 0.15) is 42.9 Å². The molecule has 3 aliphatic rings. The molecule has 4 atom stereocenters. The number of nitrogens with zero attached hydrogens (tertiary/aromatic N) is 1. The minimum absolute atomic E-state index is 0.103. The van der Waals surface area contributed by atoms with E-state index in [4.69, 9.17) is 4.65 Å². The van der Waals surface area contributed by atoms with E-state index in [1.54, 1.807) is 0 Å². The van der Waals surface area contributed by atoms with Gasteiger partial charge in [0.2, 0.25) is 11.8 Å². The molecule has 0 radical (unpaired) electrons. The Kier molecular flexibility index (Phi) is 7.40. The molecule has 36 heavy (non-hydrogen) atoms. The Labute approximate surface area is 210 Å². The van der Waals surface area contributed by atoms with E-state index >= 15 is 0 Å². The fourth-order valence-electron chi connectivity index (χ4n) is 5.97. The van der Waals surface area contributed by atoms with Crippen LogP contribution in [0.25, 0.3) is 6.08 Å². The summed E-state index contributed by atoms with van der Waals surface area (Å²) in [6.45, 7) is 5.38. The maximum absolute atomic E-state index is 13.1. The minimum atomic E-state index is -1.13. The second-order valence-corrected chi connectivity index (χ2v) is 9.99. The third-order valence-electron chi connectivity index (χ3n) is 7.58. The number of carbonyl (C=O) groups excluding carboxylic acids is 3. The van der Waals surface area contributed by atoms with Crippen molar-refractivity contribution in [3.63, 3.8) is 0 Å². The molecular weight excluding hydrogens is 465 g/mol. The van der Waals surface area contributed by atoms with Crippen molar-refractivity contribution in [1.29, 1.82) is 0 Å². The number of methoxy groups -OCH3 is 1.